The van der Waals surface area contributed by atoms with E-state index in [1.54, 1.807) is 0 Å². The van der Waals surface area contributed by atoms with E-state index in [1.807, 2.05) is 11.8 Å². The molecule has 2 aliphatic rings. The molecule has 0 saturated carbocycles. The van der Waals surface area contributed by atoms with E-state index >= 15 is 0 Å². The smallest absolute Gasteiger partial charge is 0.180 e. The summed E-state index contributed by atoms with van der Waals surface area (Å²) in [6.45, 7) is 0. The molecule has 1 heterocycles. The molecule has 1 aliphatic carbocycles. The number of benzene rings is 1. The third-order valence-electron chi connectivity index (χ3n) is 3.64. The molecule has 3 nitrogen and oxygen atoms in total. The number of nitrogens with one attached hydrogen (secondary N) is 1. The number of hydrogen-bond acceptors (Lipinski definition) is 3. The van der Waals surface area contributed by atoms with Crippen molar-refractivity contribution in [3.05, 3.63) is 41.0 Å². The summed E-state index contributed by atoms with van der Waals surface area (Å²) in [6.07, 6.45) is 5.39. The highest BCUT2D eigenvalue weighted by molar-refractivity contribution is 8.03. The summed E-state index contributed by atoms with van der Waals surface area (Å²) in [4.78, 5) is 4.85. The van der Waals surface area contributed by atoms with Gasteiger partial charge in [0.15, 0.2) is 5.71 Å². The summed E-state index contributed by atoms with van der Waals surface area (Å²) in [5.41, 5.74) is 5.04. The molecule has 0 atom stereocenters. The Labute approximate surface area is 124 Å². The molecule has 3 rings (SSSR count). The van der Waals surface area contributed by atoms with E-state index in [2.05, 4.69) is 73.3 Å². The lowest BCUT2D eigenvalue weighted by Gasteiger charge is -2.25. The van der Waals surface area contributed by atoms with Gasteiger partial charge in [0.05, 0.1) is 12.1 Å². The van der Waals surface area contributed by atoms with Crippen LogP contribution >= 0.6 is 11.8 Å². The highest BCUT2D eigenvalue weighted by Gasteiger charge is 2.23. The lowest BCUT2D eigenvalue weighted by Crippen LogP contribution is -2.18. The lowest BCUT2D eigenvalue weighted by atomic mass is 10.1. The third kappa shape index (κ3) is 2.36. The molecule has 20 heavy (non-hydrogen) atoms. The van der Waals surface area contributed by atoms with Crippen molar-refractivity contribution in [2.75, 3.05) is 38.4 Å². The highest BCUT2D eigenvalue weighted by Crippen LogP contribution is 2.44. The van der Waals surface area contributed by atoms with Crippen LogP contribution in [0.4, 0.5) is 11.4 Å². The van der Waals surface area contributed by atoms with Crippen LogP contribution in [0.2, 0.25) is 0 Å². The van der Waals surface area contributed by atoms with Gasteiger partial charge in [0.25, 0.3) is 0 Å². The molecule has 0 saturated heterocycles. The quantitative estimate of drug-likeness (QED) is 0.800. The Morgan fingerprint density at radius 3 is 2.70 bits per heavy atom. The lowest BCUT2D eigenvalue weighted by molar-refractivity contribution is -0.464. The van der Waals surface area contributed by atoms with Crippen LogP contribution in [-0.2, 0) is 0 Å². The predicted octanol–water partition coefficient (Wildman–Crippen LogP) is 3.15. The summed E-state index contributed by atoms with van der Waals surface area (Å²) in [6, 6.07) is 6.58. The number of allylic oxidation sites excluding steroid dienone is 3. The van der Waals surface area contributed by atoms with E-state index in [4.69, 9.17) is 0 Å². The molecular formula is C16H20N3S+. The van der Waals surface area contributed by atoms with Crippen LogP contribution in [0, 0.1) is 0 Å². The summed E-state index contributed by atoms with van der Waals surface area (Å²) in [7, 11) is 8.36. The minimum Gasteiger partial charge on any atom is -0.378 e. The third-order valence-corrected chi connectivity index (χ3v) is 4.81. The number of fused-ring (bicyclic) bond motifs is 1. The first-order chi connectivity index (χ1) is 9.54. The number of rotatable bonds is 1. The van der Waals surface area contributed by atoms with Crippen LogP contribution in [0.25, 0.3) is 0 Å². The van der Waals surface area contributed by atoms with Gasteiger partial charge in [-0.05, 0) is 24.3 Å². The van der Waals surface area contributed by atoms with Gasteiger partial charge in [-0.2, -0.15) is 0 Å². The van der Waals surface area contributed by atoms with Crippen LogP contribution < -0.4 is 10.2 Å². The zero-order valence-electron chi connectivity index (χ0n) is 12.4. The number of hydrogen-bond donors (Lipinski definition) is 1. The number of anilines is 2. The van der Waals surface area contributed by atoms with Gasteiger partial charge in [0, 0.05) is 41.4 Å². The van der Waals surface area contributed by atoms with E-state index in [1.165, 1.54) is 32.6 Å². The Bertz CT molecular complexity index is 650. The Kier molecular flexibility index (Phi) is 3.34. The van der Waals surface area contributed by atoms with E-state index in [9.17, 15) is 0 Å². The van der Waals surface area contributed by atoms with Gasteiger partial charge in [0.2, 0.25) is 0 Å². The molecule has 0 bridgehead atoms. The zero-order chi connectivity index (χ0) is 14.3. The maximum Gasteiger partial charge on any atom is 0.180 e. The van der Waals surface area contributed by atoms with Crippen molar-refractivity contribution >= 4 is 28.8 Å². The van der Waals surface area contributed by atoms with Gasteiger partial charge in [-0.1, -0.05) is 11.8 Å². The van der Waals surface area contributed by atoms with E-state index in [-0.39, 0.29) is 0 Å². The van der Waals surface area contributed by atoms with Gasteiger partial charge in [-0.25, -0.2) is 4.58 Å². The Morgan fingerprint density at radius 1 is 1.20 bits per heavy atom. The first kappa shape index (κ1) is 13.3. The topological polar surface area (TPSA) is 18.3 Å². The minimum absolute atomic E-state index is 1.00. The normalized spacial score (nSPS) is 16.5. The fraction of sp³-hybridized carbons (Fsp3) is 0.312. The SMILES string of the molecule is CN(C)c1ccc2c(c1)SC1=C(C=CC(=[N+](C)C)C1)N2. The van der Waals surface area contributed by atoms with E-state index in [0.29, 0.717) is 0 Å². The monoisotopic (exact) mass is 286 g/mol. The van der Waals surface area contributed by atoms with Crippen molar-refractivity contribution < 1.29 is 4.58 Å². The maximum atomic E-state index is 3.55. The first-order valence-corrected chi connectivity index (χ1v) is 7.57. The Balaban J connectivity index is 1.94. The average molecular weight is 286 g/mol. The van der Waals surface area contributed by atoms with Crippen molar-refractivity contribution in [2.24, 2.45) is 0 Å². The molecule has 0 aromatic heterocycles. The average Bonchev–Trinajstić information content (AvgIpc) is 2.43. The van der Waals surface area contributed by atoms with Gasteiger partial charge < -0.3 is 10.2 Å². The fourth-order valence-corrected chi connectivity index (χ4v) is 3.48. The summed E-state index contributed by atoms with van der Waals surface area (Å²) < 4.78 is 2.19. The summed E-state index contributed by atoms with van der Waals surface area (Å²) >= 11 is 1.89. The Morgan fingerprint density at radius 2 is 2.00 bits per heavy atom. The Hall–Kier alpha value is -1.68. The van der Waals surface area contributed by atoms with Crippen LogP contribution in [0.3, 0.4) is 0 Å². The molecule has 0 radical (unpaired) electrons. The van der Waals surface area contributed by atoms with Crippen LogP contribution in [0.1, 0.15) is 6.42 Å². The first-order valence-electron chi connectivity index (χ1n) is 6.75. The molecule has 1 aliphatic heterocycles. The standard InChI is InChI=1S/C16H20N3S/c1-18(2)11-5-7-13-15(9-11)20-16-10-12(19(3)4)6-8-14(16)17-13/h5-9,17H,10H2,1-4H3/q+1. The van der Waals surface area contributed by atoms with Gasteiger partial charge in [-0.3, -0.25) is 0 Å². The molecule has 104 valence electrons. The molecule has 4 heteroatoms. The molecule has 1 aromatic rings. The second-order valence-corrected chi connectivity index (χ2v) is 6.67. The molecule has 1 aromatic carbocycles. The van der Waals surface area contributed by atoms with Gasteiger partial charge >= 0.3 is 0 Å². The summed E-state index contributed by atoms with van der Waals surface area (Å²) in [5.74, 6) is 0. The predicted molar refractivity (Wildman–Crippen MR) is 88.1 cm³/mol. The second-order valence-electron chi connectivity index (χ2n) is 5.53. The summed E-state index contributed by atoms with van der Waals surface area (Å²) in [5, 5.41) is 3.55. The van der Waals surface area contributed by atoms with Crippen molar-refractivity contribution in [1.29, 1.82) is 0 Å². The van der Waals surface area contributed by atoms with Crippen molar-refractivity contribution in [3.8, 4) is 0 Å². The van der Waals surface area contributed by atoms with Crippen LogP contribution in [0.15, 0.2) is 45.8 Å². The largest absolute Gasteiger partial charge is 0.378 e. The highest BCUT2D eigenvalue weighted by atomic mass is 32.2. The molecule has 0 fully saturated rings. The van der Waals surface area contributed by atoms with Crippen LogP contribution in [0.5, 0.6) is 0 Å². The minimum atomic E-state index is 1.00. The van der Waals surface area contributed by atoms with Crippen molar-refractivity contribution in [2.45, 2.75) is 11.3 Å². The second kappa shape index (κ2) is 5.02. The molecule has 1 N–H and O–H groups in total. The zero-order valence-corrected chi connectivity index (χ0v) is 13.2. The van der Waals surface area contributed by atoms with Gasteiger partial charge in [0.1, 0.15) is 14.1 Å². The van der Waals surface area contributed by atoms with Crippen molar-refractivity contribution in [1.82, 2.24) is 0 Å². The maximum absolute atomic E-state index is 3.55. The molecule has 0 unspecified atom stereocenters. The molecular weight excluding hydrogens is 266 g/mol. The van der Waals surface area contributed by atoms with Crippen molar-refractivity contribution in [3.63, 3.8) is 0 Å². The molecule has 0 amide bonds. The van der Waals surface area contributed by atoms with Crippen LogP contribution in [-0.4, -0.2) is 38.5 Å². The van der Waals surface area contributed by atoms with E-state index in [0.717, 1.165) is 6.42 Å². The number of thioether (sulfide) groups is 1. The van der Waals surface area contributed by atoms with E-state index < -0.39 is 0 Å². The number of nitrogens with zero attached hydrogens (tertiary/aromatic N) is 2. The van der Waals surface area contributed by atoms with Gasteiger partial charge in [-0.15, -0.1) is 0 Å². The fourth-order valence-electron chi connectivity index (χ4n) is 2.36. The molecule has 0 spiro atoms.